The van der Waals surface area contributed by atoms with Gasteiger partial charge in [-0.25, -0.2) is 0 Å². The van der Waals surface area contributed by atoms with Crippen molar-refractivity contribution < 1.29 is 19.0 Å². The highest BCUT2D eigenvalue weighted by molar-refractivity contribution is 8.26. The molecule has 0 aliphatic carbocycles. The zero-order chi connectivity index (χ0) is 20.6. The van der Waals surface area contributed by atoms with Crippen LogP contribution in [0.4, 0.5) is 0 Å². The van der Waals surface area contributed by atoms with Crippen LogP contribution < -0.4 is 14.2 Å². The molecule has 1 amide bonds. The molecule has 0 saturated carbocycles. The normalized spacial score (nSPS) is 15.1. The van der Waals surface area contributed by atoms with Crippen LogP contribution in [0.1, 0.15) is 18.9 Å². The van der Waals surface area contributed by atoms with Crippen LogP contribution in [0.2, 0.25) is 0 Å². The maximum absolute atomic E-state index is 12.3. The Balaban J connectivity index is 1.44. The van der Waals surface area contributed by atoms with Crippen molar-refractivity contribution in [2.24, 2.45) is 0 Å². The second-order valence-corrected chi connectivity index (χ2v) is 7.90. The van der Waals surface area contributed by atoms with Gasteiger partial charge in [0.15, 0.2) is 0 Å². The first-order valence-electron chi connectivity index (χ1n) is 9.36. The van der Waals surface area contributed by atoms with Crippen LogP contribution in [0.25, 0.3) is 6.08 Å². The Bertz CT molecular complexity index is 896. The number of likely N-dealkylation sites (N-methyl/N-ethyl adjacent to an activating group) is 1. The van der Waals surface area contributed by atoms with Crippen LogP contribution >= 0.6 is 24.0 Å². The quantitative estimate of drug-likeness (QED) is 0.325. The zero-order valence-corrected chi connectivity index (χ0v) is 18.1. The SMILES string of the molecule is CCN1C(=O)/C(=C\c2ccc(OCCCOc3cccc(OC)c3)cc2)SC1=S. The molecule has 0 aromatic heterocycles. The average molecular weight is 430 g/mol. The Morgan fingerprint density at radius 3 is 2.38 bits per heavy atom. The van der Waals surface area contributed by atoms with E-state index in [9.17, 15) is 4.79 Å². The predicted molar refractivity (Wildman–Crippen MR) is 121 cm³/mol. The number of carbonyl (C=O) groups is 1. The third kappa shape index (κ3) is 5.74. The fraction of sp³-hybridized carbons (Fsp3) is 0.273. The Kier molecular flexibility index (Phi) is 7.55. The molecule has 1 fully saturated rings. The van der Waals surface area contributed by atoms with E-state index in [1.165, 1.54) is 11.8 Å². The lowest BCUT2D eigenvalue weighted by atomic mass is 10.2. The number of ether oxygens (including phenoxy) is 3. The third-order valence-corrected chi connectivity index (χ3v) is 5.61. The minimum Gasteiger partial charge on any atom is -0.497 e. The number of hydrogen-bond acceptors (Lipinski definition) is 6. The number of nitrogens with zero attached hydrogens (tertiary/aromatic N) is 1. The average Bonchev–Trinajstić information content (AvgIpc) is 3.01. The molecule has 0 spiro atoms. The summed E-state index contributed by atoms with van der Waals surface area (Å²) in [7, 11) is 1.63. The van der Waals surface area contributed by atoms with E-state index in [0.29, 0.717) is 29.0 Å². The summed E-state index contributed by atoms with van der Waals surface area (Å²) in [6, 6.07) is 15.2. The molecule has 1 aliphatic heterocycles. The van der Waals surface area contributed by atoms with Crippen molar-refractivity contribution >= 4 is 40.3 Å². The fourth-order valence-corrected chi connectivity index (χ4v) is 4.10. The number of carbonyl (C=O) groups excluding carboxylic acids is 1. The van der Waals surface area contributed by atoms with Crippen molar-refractivity contribution in [3.8, 4) is 17.2 Å². The lowest BCUT2D eigenvalue weighted by molar-refractivity contribution is -0.121. The number of amides is 1. The molecule has 0 atom stereocenters. The number of hydrogen-bond donors (Lipinski definition) is 0. The highest BCUT2D eigenvalue weighted by Crippen LogP contribution is 2.32. The van der Waals surface area contributed by atoms with Crippen molar-refractivity contribution in [1.29, 1.82) is 0 Å². The number of thiocarbonyl (C=S) groups is 1. The topological polar surface area (TPSA) is 48.0 Å². The standard InChI is InChI=1S/C22H23NO4S2/c1-3-23-21(24)20(29-22(23)28)14-16-8-10-17(11-9-16)26-12-5-13-27-19-7-4-6-18(15-19)25-2/h4,6-11,14-15H,3,5,12-13H2,1-2H3/b20-14+. The van der Waals surface area contributed by atoms with Crippen molar-refractivity contribution in [2.75, 3.05) is 26.9 Å². The third-order valence-electron chi connectivity index (χ3n) is 4.24. The van der Waals surface area contributed by atoms with Gasteiger partial charge in [-0.15, -0.1) is 0 Å². The van der Waals surface area contributed by atoms with Crippen molar-refractivity contribution in [3.05, 3.63) is 59.0 Å². The molecule has 3 rings (SSSR count). The summed E-state index contributed by atoms with van der Waals surface area (Å²) in [6.45, 7) is 3.63. The van der Waals surface area contributed by atoms with Gasteiger partial charge in [0.25, 0.3) is 5.91 Å². The maximum atomic E-state index is 12.3. The lowest BCUT2D eigenvalue weighted by Crippen LogP contribution is -2.27. The first kappa shape index (κ1) is 21.2. The summed E-state index contributed by atoms with van der Waals surface area (Å²) in [5, 5.41) is 0. The first-order chi connectivity index (χ1) is 14.1. The molecule has 5 nitrogen and oxygen atoms in total. The van der Waals surface area contributed by atoms with Gasteiger partial charge in [-0.3, -0.25) is 9.69 Å². The van der Waals surface area contributed by atoms with E-state index in [2.05, 4.69) is 0 Å². The Labute approximate surface area is 180 Å². The first-order valence-corrected chi connectivity index (χ1v) is 10.6. The van der Waals surface area contributed by atoms with Gasteiger partial charge in [0.2, 0.25) is 0 Å². The number of rotatable bonds is 9. The maximum Gasteiger partial charge on any atom is 0.266 e. The minimum absolute atomic E-state index is 0.0288. The molecule has 1 aliphatic rings. The summed E-state index contributed by atoms with van der Waals surface area (Å²) in [5.41, 5.74) is 0.940. The van der Waals surface area contributed by atoms with E-state index in [4.69, 9.17) is 26.4 Å². The molecule has 1 heterocycles. The summed E-state index contributed by atoms with van der Waals surface area (Å²) in [4.78, 5) is 14.5. The monoisotopic (exact) mass is 429 g/mol. The summed E-state index contributed by atoms with van der Waals surface area (Å²) in [6.07, 6.45) is 2.62. The summed E-state index contributed by atoms with van der Waals surface area (Å²) < 4.78 is 17.2. The highest BCUT2D eigenvalue weighted by atomic mass is 32.2. The van der Waals surface area contributed by atoms with Crippen LogP contribution in [0.15, 0.2) is 53.4 Å². The molecule has 0 radical (unpaired) electrons. The van der Waals surface area contributed by atoms with E-state index in [1.54, 1.807) is 12.0 Å². The van der Waals surface area contributed by atoms with E-state index >= 15 is 0 Å². The number of thioether (sulfide) groups is 1. The molecule has 7 heteroatoms. The largest absolute Gasteiger partial charge is 0.497 e. The molecule has 2 aromatic carbocycles. The molecule has 0 N–H and O–H groups in total. The number of benzene rings is 2. The van der Waals surface area contributed by atoms with Gasteiger partial charge in [-0.1, -0.05) is 42.2 Å². The smallest absolute Gasteiger partial charge is 0.266 e. The molecule has 29 heavy (non-hydrogen) atoms. The van der Waals surface area contributed by atoms with Crippen LogP contribution in [-0.4, -0.2) is 42.0 Å². The van der Waals surface area contributed by atoms with Crippen LogP contribution in [0.5, 0.6) is 17.2 Å². The van der Waals surface area contributed by atoms with Crippen molar-refractivity contribution in [1.82, 2.24) is 4.90 Å². The van der Waals surface area contributed by atoms with Crippen LogP contribution in [0, 0.1) is 0 Å². The molecule has 152 valence electrons. The fourth-order valence-electron chi connectivity index (χ4n) is 2.71. The van der Waals surface area contributed by atoms with Gasteiger partial charge >= 0.3 is 0 Å². The molecule has 1 saturated heterocycles. The summed E-state index contributed by atoms with van der Waals surface area (Å²) >= 11 is 6.58. The van der Waals surface area contributed by atoms with E-state index in [1.807, 2.05) is 61.5 Å². The van der Waals surface area contributed by atoms with Gasteiger partial charge in [0, 0.05) is 19.0 Å². The van der Waals surface area contributed by atoms with Crippen molar-refractivity contribution in [2.45, 2.75) is 13.3 Å². The van der Waals surface area contributed by atoms with Gasteiger partial charge in [-0.05, 0) is 42.8 Å². The Morgan fingerprint density at radius 1 is 1.03 bits per heavy atom. The highest BCUT2D eigenvalue weighted by Gasteiger charge is 2.30. The molecule has 0 unspecified atom stereocenters. The molecule has 0 bridgehead atoms. The van der Waals surface area contributed by atoms with Crippen molar-refractivity contribution in [3.63, 3.8) is 0 Å². The molecule has 2 aromatic rings. The second kappa shape index (κ2) is 10.3. The Hall–Kier alpha value is -2.51. The van der Waals surface area contributed by atoms with E-state index in [0.717, 1.165) is 29.2 Å². The minimum atomic E-state index is -0.0288. The van der Waals surface area contributed by atoms with Crippen LogP contribution in [-0.2, 0) is 4.79 Å². The lowest BCUT2D eigenvalue weighted by Gasteiger charge is -2.09. The van der Waals surface area contributed by atoms with E-state index in [-0.39, 0.29) is 5.91 Å². The zero-order valence-electron chi connectivity index (χ0n) is 16.4. The second-order valence-electron chi connectivity index (χ2n) is 6.22. The van der Waals surface area contributed by atoms with Gasteiger partial charge in [0.1, 0.15) is 21.6 Å². The van der Waals surface area contributed by atoms with Gasteiger partial charge in [0.05, 0.1) is 25.2 Å². The Morgan fingerprint density at radius 2 is 1.72 bits per heavy atom. The molecular weight excluding hydrogens is 406 g/mol. The van der Waals surface area contributed by atoms with Gasteiger partial charge in [-0.2, -0.15) is 0 Å². The molecular formula is C22H23NO4S2. The van der Waals surface area contributed by atoms with E-state index < -0.39 is 0 Å². The van der Waals surface area contributed by atoms with Crippen LogP contribution in [0.3, 0.4) is 0 Å². The predicted octanol–water partition coefficient (Wildman–Crippen LogP) is 4.76. The summed E-state index contributed by atoms with van der Waals surface area (Å²) in [5.74, 6) is 2.31. The van der Waals surface area contributed by atoms with Gasteiger partial charge < -0.3 is 14.2 Å². The number of methoxy groups -OCH3 is 1.